The van der Waals surface area contributed by atoms with Gasteiger partial charge >= 0.3 is 0 Å². The van der Waals surface area contributed by atoms with E-state index in [-0.39, 0.29) is 18.4 Å². The van der Waals surface area contributed by atoms with Crippen molar-refractivity contribution >= 4 is 33.4 Å². The lowest BCUT2D eigenvalue weighted by atomic mass is 10.1. The Bertz CT molecular complexity index is 487. The van der Waals surface area contributed by atoms with Crippen LogP contribution in [0.4, 0.5) is 5.69 Å². The fraction of sp³-hybridized carbons (Fsp3) is 0.333. The smallest absolute Gasteiger partial charge is 0.247 e. The minimum Gasteiger partial charge on any atom is -0.345 e. The normalized spacial score (nSPS) is 20.4. The van der Waals surface area contributed by atoms with Gasteiger partial charge in [-0.3, -0.25) is 14.5 Å². The van der Waals surface area contributed by atoms with Crippen LogP contribution in [-0.4, -0.2) is 24.4 Å². The Labute approximate surface area is 108 Å². The molecule has 5 heteroatoms. The van der Waals surface area contributed by atoms with Crippen LogP contribution in [0.1, 0.15) is 12.5 Å². The van der Waals surface area contributed by atoms with Gasteiger partial charge in [0.15, 0.2) is 0 Å². The third-order valence-electron chi connectivity index (χ3n) is 2.88. The molecule has 1 unspecified atom stereocenters. The SMILES string of the molecule is Cc1ccc(N2C(=O)CNC(=O)C2C)cc1Br. The van der Waals surface area contributed by atoms with Crippen molar-refractivity contribution in [1.82, 2.24) is 5.32 Å². The van der Waals surface area contributed by atoms with Gasteiger partial charge in [0.2, 0.25) is 11.8 Å². The van der Waals surface area contributed by atoms with Gasteiger partial charge in [-0.15, -0.1) is 0 Å². The van der Waals surface area contributed by atoms with Gasteiger partial charge in [0.25, 0.3) is 0 Å². The number of benzene rings is 1. The highest BCUT2D eigenvalue weighted by atomic mass is 79.9. The summed E-state index contributed by atoms with van der Waals surface area (Å²) in [5.41, 5.74) is 1.84. The predicted molar refractivity (Wildman–Crippen MR) is 68.8 cm³/mol. The monoisotopic (exact) mass is 296 g/mol. The lowest BCUT2D eigenvalue weighted by molar-refractivity contribution is -0.130. The number of nitrogens with one attached hydrogen (secondary N) is 1. The highest BCUT2D eigenvalue weighted by molar-refractivity contribution is 9.10. The van der Waals surface area contributed by atoms with Gasteiger partial charge in [-0.05, 0) is 31.5 Å². The molecule has 1 aromatic rings. The first kappa shape index (κ1) is 12.1. The summed E-state index contributed by atoms with van der Waals surface area (Å²) in [5.74, 6) is -0.214. The molecule has 2 rings (SSSR count). The summed E-state index contributed by atoms with van der Waals surface area (Å²) in [5, 5.41) is 2.57. The maximum absolute atomic E-state index is 11.8. The number of anilines is 1. The molecule has 0 aromatic heterocycles. The Balaban J connectivity index is 2.39. The number of hydrogen-bond acceptors (Lipinski definition) is 2. The molecule has 1 N–H and O–H groups in total. The van der Waals surface area contributed by atoms with Crippen molar-refractivity contribution in [2.75, 3.05) is 11.4 Å². The summed E-state index contributed by atoms with van der Waals surface area (Å²) in [4.78, 5) is 24.9. The van der Waals surface area contributed by atoms with Crippen molar-refractivity contribution in [2.45, 2.75) is 19.9 Å². The van der Waals surface area contributed by atoms with Gasteiger partial charge in [0.05, 0.1) is 6.54 Å². The number of aryl methyl sites for hydroxylation is 1. The average molecular weight is 297 g/mol. The molecule has 2 amide bonds. The molecule has 1 saturated heterocycles. The third kappa shape index (κ3) is 2.20. The number of halogens is 1. The molecular formula is C12H13BrN2O2. The largest absolute Gasteiger partial charge is 0.345 e. The third-order valence-corrected chi connectivity index (χ3v) is 3.74. The van der Waals surface area contributed by atoms with Crippen molar-refractivity contribution in [3.8, 4) is 0 Å². The van der Waals surface area contributed by atoms with E-state index < -0.39 is 6.04 Å². The highest BCUT2D eigenvalue weighted by Gasteiger charge is 2.32. The molecule has 4 nitrogen and oxygen atoms in total. The van der Waals surface area contributed by atoms with E-state index in [0.29, 0.717) is 0 Å². The van der Waals surface area contributed by atoms with E-state index in [1.54, 1.807) is 6.92 Å². The molecule has 0 aliphatic carbocycles. The van der Waals surface area contributed by atoms with Gasteiger partial charge < -0.3 is 5.32 Å². The van der Waals surface area contributed by atoms with Crippen LogP contribution in [-0.2, 0) is 9.59 Å². The summed E-state index contributed by atoms with van der Waals surface area (Å²) in [6.45, 7) is 3.76. The molecule has 17 heavy (non-hydrogen) atoms. The number of nitrogens with zero attached hydrogens (tertiary/aromatic N) is 1. The van der Waals surface area contributed by atoms with Crippen molar-refractivity contribution in [1.29, 1.82) is 0 Å². The number of rotatable bonds is 1. The zero-order chi connectivity index (χ0) is 12.6. The Morgan fingerprint density at radius 1 is 1.41 bits per heavy atom. The van der Waals surface area contributed by atoms with Gasteiger partial charge in [0.1, 0.15) is 6.04 Å². The fourth-order valence-corrected chi connectivity index (χ4v) is 2.19. The first-order valence-corrected chi connectivity index (χ1v) is 6.16. The van der Waals surface area contributed by atoms with Gasteiger partial charge in [-0.1, -0.05) is 22.0 Å². The van der Waals surface area contributed by atoms with Crippen LogP contribution in [0.5, 0.6) is 0 Å². The number of carbonyl (C=O) groups excluding carboxylic acids is 2. The topological polar surface area (TPSA) is 49.4 Å². The Hall–Kier alpha value is -1.36. The van der Waals surface area contributed by atoms with Gasteiger partial charge in [-0.25, -0.2) is 0 Å². The molecule has 1 aliphatic heterocycles. The molecule has 1 heterocycles. The van der Waals surface area contributed by atoms with Crippen molar-refractivity contribution in [3.05, 3.63) is 28.2 Å². The highest BCUT2D eigenvalue weighted by Crippen LogP contribution is 2.26. The van der Waals surface area contributed by atoms with Crippen LogP contribution in [0.2, 0.25) is 0 Å². The van der Waals surface area contributed by atoms with E-state index >= 15 is 0 Å². The first-order chi connectivity index (χ1) is 8.00. The first-order valence-electron chi connectivity index (χ1n) is 5.36. The quantitative estimate of drug-likeness (QED) is 0.856. The van der Waals surface area contributed by atoms with Crippen molar-refractivity contribution in [3.63, 3.8) is 0 Å². The summed E-state index contributed by atoms with van der Waals surface area (Å²) >= 11 is 3.43. The van der Waals surface area contributed by atoms with Gasteiger partial charge in [0, 0.05) is 10.2 Å². The van der Waals surface area contributed by atoms with Crippen LogP contribution in [0.25, 0.3) is 0 Å². The van der Waals surface area contributed by atoms with Crippen molar-refractivity contribution < 1.29 is 9.59 Å². The maximum atomic E-state index is 11.8. The summed E-state index contributed by atoms with van der Waals surface area (Å²) < 4.78 is 0.931. The second-order valence-corrected chi connectivity index (χ2v) is 4.95. The molecule has 1 aromatic carbocycles. The Kier molecular flexibility index (Phi) is 3.19. The van der Waals surface area contributed by atoms with Crippen LogP contribution in [0.3, 0.4) is 0 Å². The zero-order valence-corrected chi connectivity index (χ0v) is 11.2. The van der Waals surface area contributed by atoms with E-state index in [2.05, 4.69) is 21.2 Å². The zero-order valence-electron chi connectivity index (χ0n) is 9.66. The molecule has 1 atom stereocenters. The summed E-state index contributed by atoms with van der Waals surface area (Å²) in [7, 11) is 0. The molecular weight excluding hydrogens is 284 g/mol. The number of amides is 2. The molecule has 0 saturated carbocycles. The summed E-state index contributed by atoms with van der Waals surface area (Å²) in [6.07, 6.45) is 0. The molecule has 90 valence electrons. The van der Waals surface area contributed by atoms with E-state index in [9.17, 15) is 9.59 Å². The standard InChI is InChI=1S/C12H13BrN2O2/c1-7-3-4-9(5-10(7)13)15-8(2)12(17)14-6-11(15)16/h3-5,8H,6H2,1-2H3,(H,14,17). The van der Waals surface area contributed by atoms with E-state index in [4.69, 9.17) is 0 Å². The number of carbonyl (C=O) groups is 2. The number of piperazine rings is 1. The molecule has 1 fully saturated rings. The minimum absolute atomic E-state index is 0.0642. The van der Waals surface area contributed by atoms with E-state index in [1.165, 1.54) is 4.90 Å². The Morgan fingerprint density at radius 2 is 2.12 bits per heavy atom. The van der Waals surface area contributed by atoms with Crippen LogP contribution >= 0.6 is 15.9 Å². The molecule has 0 spiro atoms. The fourth-order valence-electron chi connectivity index (χ4n) is 1.83. The lowest BCUT2D eigenvalue weighted by Gasteiger charge is -2.32. The molecule has 1 aliphatic rings. The lowest BCUT2D eigenvalue weighted by Crippen LogP contribution is -2.57. The number of hydrogen-bond donors (Lipinski definition) is 1. The second-order valence-electron chi connectivity index (χ2n) is 4.09. The second kappa shape index (κ2) is 4.49. The maximum Gasteiger partial charge on any atom is 0.247 e. The Morgan fingerprint density at radius 3 is 2.76 bits per heavy atom. The van der Waals surface area contributed by atoms with Gasteiger partial charge in [-0.2, -0.15) is 0 Å². The average Bonchev–Trinajstić information content (AvgIpc) is 2.29. The van der Waals surface area contributed by atoms with Crippen LogP contribution in [0.15, 0.2) is 22.7 Å². The summed E-state index contributed by atoms with van der Waals surface area (Å²) in [6, 6.07) is 5.17. The van der Waals surface area contributed by atoms with Crippen molar-refractivity contribution in [2.24, 2.45) is 0 Å². The predicted octanol–water partition coefficient (Wildman–Crippen LogP) is 1.61. The van der Waals surface area contributed by atoms with E-state index in [0.717, 1.165) is 15.7 Å². The molecule has 0 radical (unpaired) electrons. The molecule has 0 bridgehead atoms. The van der Waals surface area contributed by atoms with Crippen LogP contribution in [0, 0.1) is 6.92 Å². The van der Waals surface area contributed by atoms with Crippen LogP contribution < -0.4 is 10.2 Å². The minimum atomic E-state index is -0.467. The van der Waals surface area contributed by atoms with E-state index in [1.807, 2.05) is 25.1 Å².